The molecule has 0 saturated heterocycles. The molecule has 0 amide bonds. The van der Waals surface area contributed by atoms with E-state index >= 15 is 0 Å². The number of carbonyl (C=O) groups excluding carboxylic acids is 2. The minimum atomic E-state index is -0.643. The minimum absolute atomic E-state index is 0.0265. The van der Waals surface area contributed by atoms with Crippen LogP contribution in [0, 0.1) is 0 Å². The van der Waals surface area contributed by atoms with Crippen LogP contribution >= 0.6 is 15.9 Å². The van der Waals surface area contributed by atoms with Crippen LogP contribution in [0.1, 0.15) is 0 Å². The maximum Gasteiger partial charge on any atom is 0.355 e. The highest BCUT2D eigenvalue weighted by molar-refractivity contribution is 9.10. The zero-order chi connectivity index (χ0) is 17.0. The summed E-state index contributed by atoms with van der Waals surface area (Å²) in [4.78, 5) is 25.6. The summed E-state index contributed by atoms with van der Waals surface area (Å²) in [5.41, 5.74) is 0.814. The Kier molecular flexibility index (Phi) is 5.62. The van der Waals surface area contributed by atoms with Crippen molar-refractivity contribution in [2.75, 3.05) is 39.6 Å². The summed E-state index contributed by atoms with van der Waals surface area (Å²) in [7, 11) is 4.03. The Labute approximate surface area is 141 Å². The summed E-state index contributed by atoms with van der Waals surface area (Å²) in [6.07, 6.45) is 0. The lowest BCUT2D eigenvalue weighted by atomic mass is 10.1. The third-order valence-electron chi connectivity index (χ3n) is 3.28. The number of benzene rings is 1. The molecule has 0 aromatic heterocycles. The van der Waals surface area contributed by atoms with Crippen molar-refractivity contribution in [3.8, 4) is 5.75 Å². The van der Waals surface area contributed by atoms with Gasteiger partial charge < -0.3 is 23.8 Å². The molecule has 0 saturated carbocycles. The molecule has 1 aliphatic rings. The lowest BCUT2D eigenvalue weighted by Crippen LogP contribution is -2.38. The largest absolute Gasteiger partial charge is 0.495 e. The van der Waals surface area contributed by atoms with Gasteiger partial charge in [0.05, 0.1) is 38.0 Å². The van der Waals surface area contributed by atoms with Gasteiger partial charge in [-0.1, -0.05) is 0 Å². The van der Waals surface area contributed by atoms with Crippen LogP contribution in [0.4, 0.5) is 5.69 Å². The fourth-order valence-electron chi connectivity index (χ4n) is 2.16. The Hall–Kier alpha value is -2.06. The van der Waals surface area contributed by atoms with Crippen LogP contribution in [0.5, 0.6) is 5.75 Å². The average molecular weight is 386 g/mol. The number of rotatable bonds is 4. The summed E-state index contributed by atoms with van der Waals surface area (Å²) in [5, 5.41) is 0. The van der Waals surface area contributed by atoms with Crippen molar-refractivity contribution in [1.29, 1.82) is 0 Å². The van der Waals surface area contributed by atoms with Gasteiger partial charge in [-0.05, 0) is 28.1 Å². The summed E-state index contributed by atoms with van der Waals surface area (Å²) in [6, 6.07) is 5.26. The number of anilines is 1. The lowest BCUT2D eigenvalue weighted by molar-refractivity contribution is -0.140. The number of hydrogen-bond acceptors (Lipinski definition) is 7. The van der Waals surface area contributed by atoms with Crippen molar-refractivity contribution in [3.63, 3.8) is 0 Å². The Morgan fingerprint density at radius 1 is 1.17 bits per heavy atom. The first-order chi connectivity index (χ1) is 11.0. The van der Waals surface area contributed by atoms with Crippen LogP contribution in [-0.4, -0.2) is 46.6 Å². The molecule has 0 radical (unpaired) electrons. The highest BCUT2D eigenvalue weighted by Gasteiger charge is 2.32. The van der Waals surface area contributed by atoms with Crippen LogP contribution in [-0.2, 0) is 23.8 Å². The van der Waals surface area contributed by atoms with Crippen molar-refractivity contribution < 1.29 is 28.5 Å². The van der Waals surface area contributed by atoms with Gasteiger partial charge in [0.2, 0.25) is 0 Å². The van der Waals surface area contributed by atoms with Gasteiger partial charge in [-0.15, -0.1) is 0 Å². The SMILES string of the molecule is COC(=O)C1=C(C(=O)OC)N(c2ccc(Br)c(OC)c2)COC1. The maximum absolute atomic E-state index is 12.2. The van der Waals surface area contributed by atoms with Crippen molar-refractivity contribution >= 4 is 33.6 Å². The van der Waals surface area contributed by atoms with Crippen molar-refractivity contribution in [3.05, 3.63) is 33.9 Å². The van der Waals surface area contributed by atoms with Gasteiger partial charge in [-0.25, -0.2) is 9.59 Å². The molecular formula is C15H16BrNO6. The number of halogens is 1. The number of ether oxygens (including phenoxy) is 4. The predicted octanol–water partition coefficient (Wildman–Crippen LogP) is 1.85. The third-order valence-corrected chi connectivity index (χ3v) is 3.93. The monoisotopic (exact) mass is 385 g/mol. The lowest BCUT2D eigenvalue weighted by Gasteiger charge is -2.31. The number of hydrogen-bond donors (Lipinski definition) is 0. The number of esters is 2. The number of methoxy groups -OCH3 is 3. The van der Waals surface area contributed by atoms with Crippen LogP contribution in [0.25, 0.3) is 0 Å². The van der Waals surface area contributed by atoms with Gasteiger partial charge in [-0.2, -0.15) is 0 Å². The highest BCUT2D eigenvalue weighted by atomic mass is 79.9. The molecule has 8 heteroatoms. The van der Waals surface area contributed by atoms with E-state index in [0.717, 1.165) is 4.47 Å². The second-order valence-corrected chi connectivity index (χ2v) is 5.39. The fraction of sp³-hybridized carbons (Fsp3) is 0.333. The average Bonchev–Trinajstić information content (AvgIpc) is 2.60. The van der Waals surface area contributed by atoms with E-state index in [4.69, 9.17) is 18.9 Å². The van der Waals surface area contributed by atoms with E-state index < -0.39 is 11.9 Å². The molecule has 0 fully saturated rings. The van der Waals surface area contributed by atoms with E-state index in [-0.39, 0.29) is 24.6 Å². The van der Waals surface area contributed by atoms with E-state index in [1.807, 2.05) is 0 Å². The molecule has 2 rings (SSSR count). The van der Waals surface area contributed by atoms with Gasteiger partial charge >= 0.3 is 11.9 Å². The summed E-state index contributed by atoms with van der Waals surface area (Å²) in [6.45, 7) is 0.0665. The first-order valence-corrected chi connectivity index (χ1v) is 7.41. The Morgan fingerprint density at radius 3 is 2.48 bits per heavy atom. The molecule has 0 unspecified atom stereocenters. The molecule has 1 aromatic carbocycles. The zero-order valence-corrected chi connectivity index (χ0v) is 14.5. The second kappa shape index (κ2) is 7.47. The molecule has 1 aliphatic heterocycles. The number of carbonyl (C=O) groups is 2. The summed E-state index contributed by atoms with van der Waals surface area (Å²) < 4.78 is 20.9. The standard InChI is InChI=1S/C15H16BrNO6/c1-20-12-6-9(4-5-11(12)16)17-8-23-7-10(14(18)21-2)13(17)15(19)22-3/h4-6H,7-8H2,1-3H3. The molecule has 124 valence electrons. The highest BCUT2D eigenvalue weighted by Crippen LogP contribution is 2.33. The molecule has 1 heterocycles. The van der Waals surface area contributed by atoms with E-state index in [9.17, 15) is 9.59 Å². The van der Waals surface area contributed by atoms with Gasteiger partial charge in [-0.3, -0.25) is 0 Å². The molecule has 7 nitrogen and oxygen atoms in total. The van der Waals surface area contributed by atoms with Crippen molar-refractivity contribution in [2.45, 2.75) is 0 Å². The molecule has 0 atom stereocenters. The Bertz CT molecular complexity index is 657. The summed E-state index contributed by atoms with van der Waals surface area (Å²) >= 11 is 3.37. The van der Waals surface area contributed by atoms with E-state index in [0.29, 0.717) is 11.4 Å². The normalized spacial score (nSPS) is 14.5. The van der Waals surface area contributed by atoms with E-state index in [1.165, 1.54) is 26.2 Å². The molecule has 0 aliphatic carbocycles. The first-order valence-electron chi connectivity index (χ1n) is 6.62. The van der Waals surface area contributed by atoms with E-state index in [1.54, 1.807) is 18.2 Å². The first kappa shape index (κ1) is 17.3. The second-order valence-electron chi connectivity index (χ2n) is 4.53. The quantitative estimate of drug-likeness (QED) is 0.732. The maximum atomic E-state index is 12.2. The van der Waals surface area contributed by atoms with Crippen molar-refractivity contribution in [2.24, 2.45) is 0 Å². The van der Waals surface area contributed by atoms with Gasteiger partial charge in [0, 0.05) is 11.8 Å². The fourth-order valence-corrected chi connectivity index (χ4v) is 2.57. The smallest absolute Gasteiger partial charge is 0.355 e. The zero-order valence-electron chi connectivity index (χ0n) is 12.9. The summed E-state index contributed by atoms with van der Waals surface area (Å²) in [5.74, 6) is -0.702. The molecule has 0 N–H and O–H groups in total. The molecular weight excluding hydrogens is 370 g/mol. The van der Waals surface area contributed by atoms with Crippen molar-refractivity contribution in [1.82, 2.24) is 0 Å². The van der Waals surface area contributed by atoms with Crippen LogP contribution in [0.15, 0.2) is 33.9 Å². The van der Waals surface area contributed by atoms with E-state index in [2.05, 4.69) is 15.9 Å². The molecule has 1 aromatic rings. The predicted molar refractivity (Wildman–Crippen MR) is 85.1 cm³/mol. The topological polar surface area (TPSA) is 74.3 Å². The molecule has 23 heavy (non-hydrogen) atoms. The van der Waals surface area contributed by atoms with Crippen LogP contribution < -0.4 is 9.64 Å². The third kappa shape index (κ3) is 3.48. The molecule has 0 spiro atoms. The van der Waals surface area contributed by atoms with Crippen LogP contribution in [0.3, 0.4) is 0 Å². The van der Waals surface area contributed by atoms with Gasteiger partial charge in [0.1, 0.15) is 18.2 Å². The minimum Gasteiger partial charge on any atom is -0.495 e. The number of nitrogens with zero attached hydrogens (tertiary/aromatic N) is 1. The molecule has 0 bridgehead atoms. The Balaban J connectivity index is 2.55. The Morgan fingerprint density at radius 2 is 1.87 bits per heavy atom. The van der Waals surface area contributed by atoms with Crippen LogP contribution in [0.2, 0.25) is 0 Å². The van der Waals surface area contributed by atoms with Gasteiger partial charge in [0.25, 0.3) is 0 Å². The van der Waals surface area contributed by atoms with Gasteiger partial charge in [0.15, 0.2) is 0 Å².